The molecule has 5 nitrogen and oxygen atoms in total. The van der Waals surface area contributed by atoms with Gasteiger partial charge in [0.2, 0.25) is 6.17 Å². The summed E-state index contributed by atoms with van der Waals surface area (Å²) in [4.78, 5) is 5.37. The van der Waals surface area contributed by atoms with E-state index in [1.165, 1.54) is 21.9 Å². The molecule has 0 fully saturated rings. The predicted octanol–water partition coefficient (Wildman–Crippen LogP) is 9.66. The number of nitrogens with two attached hydrogens (primary N) is 1. The van der Waals surface area contributed by atoms with Crippen molar-refractivity contribution in [3.05, 3.63) is 187 Å². The number of hydrogen-bond acceptors (Lipinski definition) is 3. The molecule has 0 saturated heterocycles. The monoisotopic (exact) mass is 645 g/mol. The van der Waals surface area contributed by atoms with Gasteiger partial charge in [-0.05, 0) is 47.5 Å². The maximum absolute atomic E-state index is 6.42. The van der Waals surface area contributed by atoms with Gasteiger partial charge in [0, 0.05) is 50.0 Å². The molecule has 2 atom stereocenters. The smallest absolute Gasteiger partial charge is 0.209 e. The first kappa shape index (κ1) is 28.6. The van der Waals surface area contributed by atoms with Crippen molar-refractivity contribution in [1.82, 2.24) is 9.88 Å². The quantitative estimate of drug-likeness (QED) is 0.196. The summed E-state index contributed by atoms with van der Waals surface area (Å²) < 4.78 is 8.80. The number of fused-ring (bicyclic) bond motifs is 6. The van der Waals surface area contributed by atoms with E-state index in [-0.39, 0.29) is 12.3 Å². The number of rotatable bonds is 5. The number of aromatic nitrogens is 1. The molecule has 2 aromatic heterocycles. The van der Waals surface area contributed by atoms with Crippen molar-refractivity contribution in [2.24, 2.45) is 4.99 Å². The van der Waals surface area contributed by atoms with E-state index in [0.717, 1.165) is 61.2 Å². The second-order valence-corrected chi connectivity index (χ2v) is 13.0. The summed E-state index contributed by atoms with van der Waals surface area (Å²) in [5.41, 5.74) is 10.8. The zero-order valence-corrected chi connectivity index (χ0v) is 27.2. The van der Waals surface area contributed by atoms with Gasteiger partial charge in [-0.25, -0.2) is 4.99 Å². The largest absolute Gasteiger partial charge is 0.456 e. The second kappa shape index (κ2) is 11.6. The van der Waals surface area contributed by atoms with Gasteiger partial charge in [-0.2, -0.15) is 0 Å². The van der Waals surface area contributed by atoms with Crippen LogP contribution < -0.4 is 10.6 Å². The van der Waals surface area contributed by atoms with Gasteiger partial charge in [0.05, 0.1) is 11.0 Å². The summed E-state index contributed by atoms with van der Waals surface area (Å²) in [5.74, 6) is 0.870. The van der Waals surface area contributed by atoms with Gasteiger partial charge >= 0.3 is 0 Å². The first-order valence-corrected chi connectivity index (χ1v) is 17.1. The average molecular weight is 646 g/mol. The van der Waals surface area contributed by atoms with Gasteiger partial charge in [-0.3, -0.25) is 5.32 Å². The fourth-order valence-electron chi connectivity index (χ4n) is 7.59. The maximum atomic E-state index is 6.42. The highest BCUT2D eigenvalue weighted by molar-refractivity contribution is 6.17. The molecule has 0 radical (unpaired) electrons. The Hall–Kier alpha value is -6.43. The summed E-state index contributed by atoms with van der Waals surface area (Å²) >= 11 is 0. The standard InChI is InChI=1S/C45H32N4O/c1-4-14-29(15-5-1)32-24-33(45-47-43(30-16-6-2-7-17-30)46-44(48-45)31-18-8-3-9-19-31)26-34(25-32)49-39-22-12-10-20-35(39)37-27-38-36-21-11-13-23-41(36)50-42(38)28-40(37)49/h1-28,43-44,46H,(H,47,48)/p+1. The van der Waals surface area contributed by atoms with Crippen LogP contribution in [0.15, 0.2) is 179 Å². The van der Waals surface area contributed by atoms with Gasteiger partial charge in [0.25, 0.3) is 0 Å². The molecular formula is C45H33N4O+. The molecular weight excluding hydrogens is 613 g/mol. The van der Waals surface area contributed by atoms with Crippen LogP contribution >= 0.6 is 0 Å². The summed E-state index contributed by atoms with van der Waals surface area (Å²) in [5, 5.41) is 10.8. The van der Waals surface area contributed by atoms with E-state index in [9.17, 15) is 0 Å². The fraction of sp³-hybridized carbons (Fsp3) is 0.0444. The minimum absolute atomic E-state index is 0.00709. The zero-order chi connectivity index (χ0) is 33.0. The molecule has 0 spiro atoms. The number of hydrogen-bond donors (Lipinski definition) is 2. The second-order valence-electron chi connectivity index (χ2n) is 13.0. The summed E-state index contributed by atoms with van der Waals surface area (Å²) in [6.45, 7) is 0. The highest BCUT2D eigenvalue weighted by atomic mass is 16.3. The third-order valence-corrected chi connectivity index (χ3v) is 9.96. The molecule has 3 N–H and O–H groups in total. The Labute approximate surface area is 289 Å². The lowest BCUT2D eigenvalue weighted by atomic mass is 10.00. The molecule has 1 aliphatic heterocycles. The molecule has 2 unspecified atom stereocenters. The lowest BCUT2D eigenvalue weighted by Gasteiger charge is -2.29. The topological polar surface area (TPSA) is 59.1 Å². The Bertz CT molecular complexity index is 2710. The number of nitrogens with zero attached hydrogens (tertiary/aromatic N) is 2. The number of quaternary nitrogens is 1. The molecule has 0 aliphatic carbocycles. The summed E-state index contributed by atoms with van der Waals surface area (Å²) in [6, 6.07) is 60.2. The molecule has 9 aromatic rings. The lowest BCUT2D eigenvalue weighted by molar-refractivity contribution is -0.739. The SMILES string of the molecule is c1ccc(-c2cc(C3=NC(c4ccccc4)[NH2+]C(c4ccccc4)N3)cc(-n3c4ccccc4c4cc5c(cc43)oc3ccccc35)c2)cc1. The third kappa shape index (κ3) is 4.79. The van der Waals surface area contributed by atoms with E-state index in [4.69, 9.17) is 9.41 Å². The van der Waals surface area contributed by atoms with Crippen LogP contribution in [0.25, 0.3) is 60.6 Å². The van der Waals surface area contributed by atoms with Crippen LogP contribution in [0.3, 0.4) is 0 Å². The van der Waals surface area contributed by atoms with Gasteiger partial charge < -0.3 is 14.3 Å². The zero-order valence-electron chi connectivity index (χ0n) is 27.2. The van der Waals surface area contributed by atoms with Crippen molar-refractivity contribution in [1.29, 1.82) is 0 Å². The minimum Gasteiger partial charge on any atom is -0.456 e. The maximum Gasteiger partial charge on any atom is 0.209 e. The van der Waals surface area contributed by atoms with Crippen LogP contribution in [0.2, 0.25) is 0 Å². The van der Waals surface area contributed by atoms with Crippen LogP contribution in [0, 0.1) is 0 Å². The average Bonchev–Trinajstić information content (AvgIpc) is 3.72. The number of benzene rings is 7. The van der Waals surface area contributed by atoms with E-state index in [2.05, 4.69) is 173 Å². The Morgan fingerprint density at radius 2 is 1.16 bits per heavy atom. The summed E-state index contributed by atoms with van der Waals surface area (Å²) in [6.07, 6.45) is -0.108. The highest BCUT2D eigenvalue weighted by Crippen LogP contribution is 2.39. The van der Waals surface area contributed by atoms with E-state index < -0.39 is 0 Å². The molecule has 50 heavy (non-hydrogen) atoms. The summed E-state index contributed by atoms with van der Waals surface area (Å²) in [7, 11) is 0. The Kier molecular flexibility index (Phi) is 6.64. The van der Waals surface area contributed by atoms with E-state index in [0.29, 0.717) is 0 Å². The van der Waals surface area contributed by atoms with Crippen molar-refractivity contribution in [3.8, 4) is 16.8 Å². The van der Waals surface area contributed by atoms with E-state index in [1.807, 2.05) is 12.1 Å². The van der Waals surface area contributed by atoms with Crippen LogP contribution in [0.4, 0.5) is 0 Å². The molecule has 5 heteroatoms. The van der Waals surface area contributed by atoms with Crippen LogP contribution in [-0.4, -0.2) is 10.4 Å². The van der Waals surface area contributed by atoms with Gasteiger partial charge in [-0.15, -0.1) is 0 Å². The van der Waals surface area contributed by atoms with E-state index >= 15 is 0 Å². The third-order valence-electron chi connectivity index (χ3n) is 9.96. The van der Waals surface area contributed by atoms with Gasteiger partial charge in [0.1, 0.15) is 17.0 Å². The van der Waals surface area contributed by atoms with Crippen molar-refractivity contribution >= 4 is 49.6 Å². The number of amidine groups is 1. The van der Waals surface area contributed by atoms with Crippen LogP contribution in [0.1, 0.15) is 29.0 Å². The minimum atomic E-state index is -0.101. The van der Waals surface area contributed by atoms with Crippen molar-refractivity contribution in [3.63, 3.8) is 0 Å². The predicted molar refractivity (Wildman–Crippen MR) is 203 cm³/mol. The van der Waals surface area contributed by atoms with Gasteiger partial charge in [-0.1, -0.05) is 127 Å². The van der Waals surface area contributed by atoms with Crippen LogP contribution in [-0.2, 0) is 0 Å². The molecule has 10 rings (SSSR count). The molecule has 7 aromatic carbocycles. The molecule has 3 heterocycles. The molecule has 0 saturated carbocycles. The first-order chi connectivity index (χ1) is 24.8. The van der Waals surface area contributed by atoms with Crippen molar-refractivity contribution in [2.45, 2.75) is 12.3 Å². The van der Waals surface area contributed by atoms with Crippen molar-refractivity contribution < 1.29 is 9.73 Å². The highest BCUT2D eigenvalue weighted by Gasteiger charge is 2.29. The Morgan fingerprint density at radius 1 is 0.500 bits per heavy atom. The normalized spacial score (nSPS) is 16.2. The molecule has 0 amide bonds. The number of nitrogens with one attached hydrogen (secondary N) is 1. The number of para-hydroxylation sites is 2. The number of furan rings is 1. The molecule has 1 aliphatic rings. The van der Waals surface area contributed by atoms with Crippen LogP contribution in [0.5, 0.6) is 0 Å². The van der Waals surface area contributed by atoms with Crippen molar-refractivity contribution in [2.75, 3.05) is 0 Å². The Balaban J connectivity index is 1.22. The lowest BCUT2D eigenvalue weighted by Crippen LogP contribution is -2.90. The fourth-order valence-corrected chi connectivity index (χ4v) is 7.59. The first-order valence-electron chi connectivity index (χ1n) is 17.1. The molecule has 238 valence electrons. The van der Waals surface area contributed by atoms with E-state index in [1.54, 1.807) is 0 Å². The Morgan fingerprint density at radius 3 is 1.96 bits per heavy atom. The number of aliphatic imine (C=N–C) groups is 1. The van der Waals surface area contributed by atoms with Gasteiger partial charge in [0.15, 0.2) is 6.17 Å². The molecule has 0 bridgehead atoms.